The second-order valence-corrected chi connectivity index (χ2v) is 3.55. The molecule has 0 aliphatic rings. The molecule has 1 amide bonds. The number of rotatable bonds is 3. The molecule has 59 valence electrons. The van der Waals surface area contributed by atoms with Crippen molar-refractivity contribution in [1.82, 2.24) is 14.9 Å². The smallest absolute Gasteiger partial charge is 0.309 e. The van der Waals surface area contributed by atoms with Crippen molar-refractivity contribution in [3.05, 3.63) is 6.20 Å². The predicted octanol–water partition coefficient (Wildman–Crippen LogP) is 0.728. The van der Waals surface area contributed by atoms with Crippen LogP contribution >= 0.6 is 23.3 Å². The second-order valence-electron chi connectivity index (χ2n) is 1.49. The van der Waals surface area contributed by atoms with Crippen LogP contribution in [0.1, 0.15) is 0 Å². The van der Waals surface area contributed by atoms with Crippen molar-refractivity contribution in [2.75, 3.05) is 5.88 Å². The number of hydrogen-bond acceptors (Lipinski definition) is 5. The van der Waals surface area contributed by atoms with Crippen LogP contribution in [0, 0.1) is 0 Å². The van der Waals surface area contributed by atoms with Gasteiger partial charge in [-0.05, 0) is 11.5 Å². The number of carbonyl (C=O) groups is 1. The van der Waals surface area contributed by atoms with Crippen molar-refractivity contribution in [3.8, 4) is 0 Å². The molecule has 0 atom stereocenters. The van der Waals surface area contributed by atoms with Gasteiger partial charge in [-0.15, -0.1) is 5.10 Å². The number of carbonyl (C=O) groups excluding carboxylic acids is 1. The zero-order valence-corrected chi connectivity index (χ0v) is 6.94. The fourth-order valence-electron chi connectivity index (χ4n) is 0.388. The third kappa shape index (κ3) is 3.19. The van der Waals surface area contributed by atoms with E-state index in [2.05, 4.69) is 14.9 Å². The van der Waals surface area contributed by atoms with Gasteiger partial charge in [0.1, 0.15) is 4.21 Å². The van der Waals surface area contributed by atoms with Crippen LogP contribution in [0.3, 0.4) is 0 Å². The Hall–Kier alpha value is -0.820. The molecule has 1 radical (unpaired) electrons. The Balaban J connectivity index is 2.19. The zero-order valence-electron chi connectivity index (χ0n) is 5.31. The maximum atomic E-state index is 9.86. The lowest BCUT2D eigenvalue weighted by molar-refractivity contribution is 0.170. The van der Waals surface area contributed by atoms with Crippen molar-refractivity contribution in [2.45, 2.75) is 4.21 Å². The van der Waals surface area contributed by atoms with Crippen molar-refractivity contribution >= 4 is 29.4 Å². The first-order chi connectivity index (χ1) is 5.29. The Morgan fingerprint density at radius 1 is 1.82 bits per heavy atom. The predicted molar refractivity (Wildman–Crippen MR) is 39.9 cm³/mol. The molecular formula is C4H4N3O2S2. The molecule has 0 aromatic carbocycles. The van der Waals surface area contributed by atoms with Crippen LogP contribution in [0.15, 0.2) is 10.4 Å². The van der Waals surface area contributed by atoms with Crippen LogP contribution in [0.25, 0.3) is 0 Å². The van der Waals surface area contributed by atoms with E-state index in [4.69, 9.17) is 0 Å². The highest BCUT2D eigenvalue weighted by molar-refractivity contribution is 8.01. The largest absolute Gasteiger partial charge is 0.451 e. The molecule has 1 rings (SSSR count). The SMILES string of the molecule is [O]C(=O)NCSc1cnns1. The minimum absolute atomic E-state index is 0.270. The van der Waals surface area contributed by atoms with Gasteiger partial charge in [0.15, 0.2) is 0 Å². The van der Waals surface area contributed by atoms with Gasteiger partial charge in [-0.2, -0.15) is 0 Å². The highest BCUT2D eigenvalue weighted by Crippen LogP contribution is 2.17. The van der Waals surface area contributed by atoms with E-state index in [1.807, 2.05) is 0 Å². The molecule has 0 aliphatic heterocycles. The van der Waals surface area contributed by atoms with Gasteiger partial charge in [0.2, 0.25) is 0 Å². The molecule has 1 aromatic heterocycles. The molecule has 0 fully saturated rings. The van der Waals surface area contributed by atoms with Crippen LogP contribution in [0.5, 0.6) is 0 Å². The Labute approximate surface area is 71.0 Å². The summed E-state index contributed by atoms with van der Waals surface area (Å²) in [5.41, 5.74) is 0. The molecule has 0 spiro atoms. The van der Waals surface area contributed by atoms with Gasteiger partial charge in [0.25, 0.3) is 0 Å². The molecule has 1 aromatic rings. The van der Waals surface area contributed by atoms with Crippen molar-refractivity contribution in [3.63, 3.8) is 0 Å². The normalized spacial score (nSPS) is 9.45. The number of aromatic nitrogens is 2. The van der Waals surface area contributed by atoms with Crippen molar-refractivity contribution < 1.29 is 9.90 Å². The van der Waals surface area contributed by atoms with Crippen LogP contribution in [-0.2, 0) is 5.11 Å². The highest BCUT2D eigenvalue weighted by Gasteiger charge is 1.98. The maximum Gasteiger partial charge on any atom is 0.451 e. The van der Waals surface area contributed by atoms with Crippen LogP contribution in [-0.4, -0.2) is 21.6 Å². The lowest BCUT2D eigenvalue weighted by Gasteiger charge is -1.93. The number of hydrogen-bond donors (Lipinski definition) is 1. The average Bonchev–Trinajstić information content (AvgIpc) is 2.39. The van der Waals surface area contributed by atoms with E-state index < -0.39 is 6.09 Å². The van der Waals surface area contributed by atoms with E-state index in [0.717, 1.165) is 4.21 Å². The first-order valence-corrected chi connectivity index (χ1v) is 4.40. The summed E-state index contributed by atoms with van der Waals surface area (Å²) in [6.07, 6.45) is 0.307. The summed E-state index contributed by atoms with van der Waals surface area (Å²) in [7, 11) is 0. The number of amides is 1. The number of nitrogens with one attached hydrogen (secondary N) is 1. The average molecular weight is 190 g/mol. The van der Waals surface area contributed by atoms with Gasteiger partial charge >= 0.3 is 6.09 Å². The summed E-state index contributed by atoms with van der Waals surface area (Å²) in [6, 6.07) is 0. The monoisotopic (exact) mass is 190 g/mol. The fourth-order valence-corrected chi connectivity index (χ4v) is 1.60. The Bertz CT molecular complexity index is 225. The lowest BCUT2D eigenvalue weighted by atomic mass is 11.0. The van der Waals surface area contributed by atoms with E-state index in [-0.39, 0.29) is 5.88 Å². The van der Waals surface area contributed by atoms with Crippen LogP contribution < -0.4 is 5.32 Å². The quantitative estimate of drug-likeness (QED) is 0.563. The van der Waals surface area contributed by atoms with E-state index in [1.165, 1.54) is 23.3 Å². The summed E-state index contributed by atoms with van der Waals surface area (Å²) in [5.74, 6) is 0.270. The minimum atomic E-state index is -1.27. The lowest BCUT2D eigenvalue weighted by Crippen LogP contribution is -2.18. The Morgan fingerprint density at radius 2 is 2.64 bits per heavy atom. The molecule has 0 aliphatic carbocycles. The molecule has 1 heterocycles. The first-order valence-electron chi connectivity index (χ1n) is 2.64. The second kappa shape index (κ2) is 4.14. The third-order valence-electron chi connectivity index (χ3n) is 0.772. The van der Waals surface area contributed by atoms with Crippen LogP contribution in [0.2, 0.25) is 0 Å². The topological polar surface area (TPSA) is 74.8 Å². The molecule has 1 N–H and O–H groups in total. The molecule has 0 unspecified atom stereocenters. The Kier molecular flexibility index (Phi) is 3.12. The summed E-state index contributed by atoms with van der Waals surface area (Å²) >= 11 is 2.54. The molecule has 11 heavy (non-hydrogen) atoms. The number of thioether (sulfide) groups is 1. The fraction of sp³-hybridized carbons (Fsp3) is 0.250. The minimum Gasteiger partial charge on any atom is -0.309 e. The van der Waals surface area contributed by atoms with Gasteiger partial charge in [0, 0.05) is 0 Å². The third-order valence-corrected chi connectivity index (χ3v) is 2.49. The van der Waals surface area contributed by atoms with Gasteiger partial charge in [-0.3, -0.25) is 0 Å². The molecule has 0 saturated heterocycles. The van der Waals surface area contributed by atoms with E-state index in [1.54, 1.807) is 6.20 Å². The molecule has 5 nitrogen and oxygen atoms in total. The molecular weight excluding hydrogens is 186 g/mol. The molecule has 0 saturated carbocycles. The highest BCUT2D eigenvalue weighted by atomic mass is 32.2. The van der Waals surface area contributed by atoms with Crippen LogP contribution in [0.4, 0.5) is 4.79 Å². The van der Waals surface area contributed by atoms with Gasteiger partial charge < -0.3 is 5.32 Å². The van der Waals surface area contributed by atoms with Crippen molar-refractivity contribution in [1.29, 1.82) is 0 Å². The molecule has 0 bridgehead atoms. The Morgan fingerprint density at radius 3 is 3.18 bits per heavy atom. The standard InChI is InChI=1S/C4H4N3O2S2/c8-4(9)5-2-10-3-1-6-7-11-3/h1,5H,2H2. The summed E-state index contributed by atoms with van der Waals surface area (Å²) < 4.78 is 4.47. The van der Waals surface area contributed by atoms with E-state index in [9.17, 15) is 9.90 Å². The van der Waals surface area contributed by atoms with Gasteiger partial charge in [0.05, 0.1) is 12.1 Å². The maximum absolute atomic E-state index is 9.86. The van der Waals surface area contributed by atoms with E-state index in [0.29, 0.717) is 0 Å². The zero-order chi connectivity index (χ0) is 8.10. The van der Waals surface area contributed by atoms with Crippen molar-refractivity contribution in [2.24, 2.45) is 0 Å². The van der Waals surface area contributed by atoms with Gasteiger partial charge in [-0.1, -0.05) is 16.3 Å². The summed E-state index contributed by atoms with van der Waals surface area (Å²) in [6.45, 7) is 0. The van der Waals surface area contributed by atoms with E-state index >= 15 is 0 Å². The molecule has 7 heteroatoms. The first kappa shape index (κ1) is 8.28. The summed E-state index contributed by atoms with van der Waals surface area (Å²) in [4.78, 5) is 9.86. The van der Waals surface area contributed by atoms with Gasteiger partial charge in [-0.25, -0.2) is 9.90 Å². The summed E-state index contributed by atoms with van der Waals surface area (Å²) in [5, 5.41) is 15.5. The number of nitrogens with zero attached hydrogens (tertiary/aromatic N) is 2.